The van der Waals surface area contributed by atoms with Crippen molar-refractivity contribution in [1.82, 2.24) is 0 Å². The summed E-state index contributed by atoms with van der Waals surface area (Å²) >= 11 is 0. The van der Waals surface area contributed by atoms with Crippen molar-refractivity contribution < 1.29 is 19.1 Å². The van der Waals surface area contributed by atoms with Crippen LogP contribution in [0.15, 0.2) is 0 Å². The van der Waals surface area contributed by atoms with Crippen LogP contribution in [-0.4, -0.2) is 38.0 Å². The second kappa shape index (κ2) is 9.31. The van der Waals surface area contributed by atoms with Gasteiger partial charge in [-0.25, -0.2) is 0 Å². The van der Waals surface area contributed by atoms with Gasteiger partial charge in [-0.15, -0.1) is 0 Å². The molecule has 0 saturated heterocycles. The van der Waals surface area contributed by atoms with Gasteiger partial charge in [0.15, 0.2) is 0 Å². The van der Waals surface area contributed by atoms with E-state index in [-0.39, 0.29) is 22.4 Å². The van der Waals surface area contributed by atoms with Crippen molar-refractivity contribution in [2.24, 2.45) is 10.8 Å². The Balaban J connectivity index is 3.42. The van der Waals surface area contributed by atoms with E-state index in [1.54, 1.807) is 0 Å². The van der Waals surface area contributed by atoms with Crippen LogP contribution in [0.25, 0.3) is 0 Å². The number of ether oxygens (including phenoxy) is 2. The molecule has 0 amide bonds. The maximum absolute atomic E-state index is 11.7. The highest BCUT2D eigenvalue weighted by Gasteiger charge is 2.20. The largest absolute Gasteiger partial charge is 0.379 e. The topological polar surface area (TPSA) is 52.6 Å². The molecule has 0 aromatic rings. The molecule has 0 aliphatic carbocycles. The number of Topliss-reactive ketones (excluding diaryl/α,β-unsaturated/α-hetero) is 2. The second-order valence-corrected chi connectivity index (χ2v) is 7.42. The van der Waals surface area contributed by atoms with Gasteiger partial charge in [-0.05, 0) is 6.42 Å². The van der Waals surface area contributed by atoms with Gasteiger partial charge in [0, 0.05) is 30.3 Å². The Bertz CT molecular complexity index is 289. The van der Waals surface area contributed by atoms with Gasteiger partial charge in [0.2, 0.25) is 0 Å². The molecule has 124 valence electrons. The smallest absolute Gasteiger partial charge is 0.140 e. The molecule has 0 bridgehead atoms. The van der Waals surface area contributed by atoms with Crippen LogP contribution in [0, 0.1) is 10.8 Å². The molecule has 0 aromatic heterocycles. The summed E-state index contributed by atoms with van der Waals surface area (Å²) in [5, 5.41) is 0. The summed E-state index contributed by atoms with van der Waals surface area (Å²) in [6, 6.07) is 0. The van der Waals surface area contributed by atoms with E-state index >= 15 is 0 Å². The molecular weight excluding hydrogens is 268 g/mol. The third kappa shape index (κ3) is 10.6. The van der Waals surface area contributed by atoms with Gasteiger partial charge >= 0.3 is 0 Å². The lowest BCUT2D eigenvalue weighted by atomic mass is 9.88. The lowest BCUT2D eigenvalue weighted by Gasteiger charge is -2.16. The number of ketones is 2. The number of rotatable bonds is 10. The molecular formula is C17H32O4. The van der Waals surface area contributed by atoms with Crippen LogP contribution in [-0.2, 0) is 19.1 Å². The third-order valence-electron chi connectivity index (χ3n) is 3.21. The van der Waals surface area contributed by atoms with E-state index in [0.717, 1.165) is 6.42 Å². The summed E-state index contributed by atoms with van der Waals surface area (Å²) < 4.78 is 10.8. The predicted octanol–water partition coefficient (Wildman–Crippen LogP) is 3.42. The first-order chi connectivity index (χ1) is 9.55. The first-order valence-corrected chi connectivity index (χ1v) is 7.77. The molecule has 0 aliphatic heterocycles. The van der Waals surface area contributed by atoms with E-state index in [2.05, 4.69) is 0 Å². The zero-order chi connectivity index (χ0) is 16.5. The number of hydrogen-bond acceptors (Lipinski definition) is 4. The van der Waals surface area contributed by atoms with Crippen LogP contribution in [0.5, 0.6) is 0 Å². The van der Waals surface area contributed by atoms with Crippen molar-refractivity contribution in [3.05, 3.63) is 0 Å². The van der Waals surface area contributed by atoms with Crippen molar-refractivity contribution >= 4 is 11.6 Å². The molecule has 0 radical (unpaired) electrons. The minimum atomic E-state index is -0.292. The predicted molar refractivity (Wildman–Crippen MR) is 84.4 cm³/mol. The maximum Gasteiger partial charge on any atom is 0.140 e. The summed E-state index contributed by atoms with van der Waals surface area (Å²) in [6.45, 7) is 13.6. The lowest BCUT2D eigenvalue weighted by Crippen LogP contribution is -2.22. The molecule has 0 rings (SSSR count). The average Bonchev–Trinajstić information content (AvgIpc) is 2.33. The molecule has 4 heteroatoms. The van der Waals surface area contributed by atoms with Crippen molar-refractivity contribution in [2.45, 2.75) is 60.8 Å². The molecule has 0 N–H and O–H groups in total. The Labute approximate surface area is 129 Å². The highest BCUT2D eigenvalue weighted by molar-refractivity contribution is 5.84. The molecule has 0 unspecified atom stereocenters. The van der Waals surface area contributed by atoms with Crippen LogP contribution in [0.2, 0.25) is 0 Å². The summed E-state index contributed by atoms with van der Waals surface area (Å²) in [5.41, 5.74) is -0.553. The first kappa shape index (κ1) is 20.3. The lowest BCUT2D eigenvalue weighted by molar-refractivity contribution is -0.127. The highest BCUT2D eigenvalue weighted by Crippen LogP contribution is 2.17. The molecule has 0 aromatic carbocycles. The van der Waals surface area contributed by atoms with Crippen LogP contribution in [0.3, 0.4) is 0 Å². The number of hydrogen-bond donors (Lipinski definition) is 0. The highest BCUT2D eigenvalue weighted by atomic mass is 16.5. The Kier molecular flexibility index (Phi) is 8.98. The fourth-order valence-electron chi connectivity index (χ4n) is 1.57. The Morgan fingerprint density at radius 3 is 1.57 bits per heavy atom. The van der Waals surface area contributed by atoms with E-state index in [0.29, 0.717) is 39.3 Å². The maximum atomic E-state index is 11.7. The number of carbonyl (C=O) groups excluding carboxylic acids is 2. The fraction of sp³-hybridized carbons (Fsp3) is 0.882. The van der Waals surface area contributed by atoms with Gasteiger partial charge < -0.3 is 9.47 Å². The summed E-state index contributed by atoms with van der Waals surface area (Å²) in [6.07, 6.45) is 1.76. The average molecular weight is 300 g/mol. The molecule has 21 heavy (non-hydrogen) atoms. The number of carbonyl (C=O) groups is 2. The molecule has 4 nitrogen and oxygen atoms in total. The second-order valence-electron chi connectivity index (χ2n) is 7.42. The minimum absolute atomic E-state index is 0.212. The first-order valence-electron chi connectivity index (χ1n) is 7.77. The van der Waals surface area contributed by atoms with Crippen molar-refractivity contribution in [2.75, 3.05) is 26.4 Å². The van der Waals surface area contributed by atoms with Crippen LogP contribution < -0.4 is 0 Å². The summed E-state index contributed by atoms with van der Waals surface area (Å²) in [7, 11) is 0. The fourth-order valence-corrected chi connectivity index (χ4v) is 1.57. The Morgan fingerprint density at radius 1 is 0.667 bits per heavy atom. The summed E-state index contributed by atoms with van der Waals surface area (Å²) in [4.78, 5) is 23.3. The van der Waals surface area contributed by atoms with Gasteiger partial charge in [0.1, 0.15) is 11.6 Å². The molecule has 0 heterocycles. The minimum Gasteiger partial charge on any atom is -0.379 e. The zero-order valence-electron chi connectivity index (χ0n) is 14.6. The standard InChI is InChI=1S/C17H32O4/c1-16(2,3)14(18)8-7-10-20-12-13-21-11-9-15(19)17(4,5)6/h7-13H2,1-6H3. The van der Waals surface area contributed by atoms with Gasteiger partial charge in [0.25, 0.3) is 0 Å². The Morgan fingerprint density at radius 2 is 1.10 bits per heavy atom. The van der Waals surface area contributed by atoms with Gasteiger partial charge in [0.05, 0.1) is 19.8 Å². The normalized spacial score (nSPS) is 12.5. The van der Waals surface area contributed by atoms with E-state index in [4.69, 9.17) is 9.47 Å². The third-order valence-corrected chi connectivity index (χ3v) is 3.21. The van der Waals surface area contributed by atoms with E-state index in [1.807, 2.05) is 41.5 Å². The molecule has 0 spiro atoms. The van der Waals surface area contributed by atoms with Crippen LogP contribution >= 0.6 is 0 Å². The van der Waals surface area contributed by atoms with Crippen molar-refractivity contribution in [3.63, 3.8) is 0 Å². The van der Waals surface area contributed by atoms with E-state index in [1.165, 1.54) is 0 Å². The van der Waals surface area contributed by atoms with E-state index < -0.39 is 0 Å². The molecule has 0 aliphatic rings. The van der Waals surface area contributed by atoms with Crippen LogP contribution in [0.1, 0.15) is 60.8 Å². The molecule has 0 atom stereocenters. The van der Waals surface area contributed by atoms with Crippen LogP contribution in [0.4, 0.5) is 0 Å². The Hall–Kier alpha value is -0.740. The quantitative estimate of drug-likeness (QED) is 0.580. The zero-order valence-corrected chi connectivity index (χ0v) is 14.6. The van der Waals surface area contributed by atoms with Gasteiger partial charge in [-0.1, -0.05) is 41.5 Å². The van der Waals surface area contributed by atoms with Gasteiger partial charge in [-0.2, -0.15) is 0 Å². The SMILES string of the molecule is CC(C)(C)C(=O)CCCOCCOCCC(=O)C(C)(C)C. The monoisotopic (exact) mass is 300 g/mol. The molecule has 0 saturated carbocycles. The van der Waals surface area contributed by atoms with Gasteiger partial charge in [-0.3, -0.25) is 9.59 Å². The van der Waals surface area contributed by atoms with Crippen molar-refractivity contribution in [3.8, 4) is 0 Å². The van der Waals surface area contributed by atoms with Crippen molar-refractivity contribution in [1.29, 1.82) is 0 Å². The van der Waals surface area contributed by atoms with E-state index in [9.17, 15) is 9.59 Å². The summed E-state index contributed by atoms with van der Waals surface area (Å²) in [5.74, 6) is 0.479. The molecule has 0 fully saturated rings.